The highest BCUT2D eigenvalue weighted by Gasteiger charge is 2.17. The Morgan fingerprint density at radius 2 is 2.23 bits per heavy atom. The van der Waals surface area contributed by atoms with Crippen LogP contribution in [0.1, 0.15) is 32.1 Å². The summed E-state index contributed by atoms with van der Waals surface area (Å²) in [5, 5.41) is 0. The number of hydrogen-bond donors (Lipinski definition) is 1. The van der Waals surface area contributed by atoms with E-state index < -0.39 is 0 Å². The largest absolute Gasteiger partial charge is 0.326 e. The molecule has 0 aromatic carbocycles. The van der Waals surface area contributed by atoms with Gasteiger partial charge in [-0.15, -0.1) is 6.58 Å². The molecular formula is C11H22N2. The maximum Gasteiger partial charge on any atom is 0.0180 e. The first-order chi connectivity index (χ1) is 6.33. The molecule has 0 bridgehead atoms. The zero-order valence-corrected chi connectivity index (χ0v) is 8.54. The lowest BCUT2D eigenvalue weighted by Crippen LogP contribution is -2.27. The maximum atomic E-state index is 5.82. The zero-order chi connectivity index (χ0) is 9.52. The van der Waals surface area contributed by atoms with Crippen molar-refractivity contribution in [3.8, 4) is 0 Å². The lowest BCUT2D eigenvalue weighted by atomic mass is 10.2. The highest BCUT2D eigenvalue weighted by atomic mass is 15.2. The second kappa shape index (κ2) is 6.17. The molecule has 0 aliphatic carbocycles. The fourth-order valence-corrected chi connectivity index (χ4v) is 1.87. The van der Waals surface area contributed by atoms with Gasteiger partial charge in [0.2, 0.25) is 0 Å². The van der Waals surface area contributed by atoms with Crippen LogP contribution in [0.3, 0.4) is 0 Å². The number of hydrogen-bond acceptors (Lipinski definition) is 2. The first kappa shape index (κ1) is 10.7. The van der Waals surface area contributed by atoms with Gasteiger partial charge in [0.25, 0.3) is 0 Å². The molecule has 13 heavy (non-hydrogen) atoms. The van der Waals surface area contributed by atoms with Gasteiger partial charge in [0, 0.05) is 12.6 Å². The van der Waals surface area contributed by atoms with Gasteiger partial charge in [-0.3, -0.25) is 0 Å². The van der Waals surface area contributed by atoms with E-state index in [1.165, 1.54) is 45.2 Å². The van der Waals surface area contributed by atoms with E-state index in [1.807, 2.05) is 6.08 Å². The normalized spacial score (nSPS) is 23.6. The van der Waals surface area contributed by atoms with Crippen molar-refractivity contribution in [2.45, 2.75) is 38.1 Å². The van der Waals surface area contributed by atoms with Crippen molar-refractivity contribution >= 4 is 0 Å². The summed E-state index contributed by atoms with van der Waals surface area (Å²) in [6.07, 6.45) is 8.31. The summed E-state index contributed by atoms with van der Waals surface area (Å²) in [4.78, 5) is 2.48. The van der Waals surface area contributed by atoms with Crippen molar-refractivity contribution in [1.82, 2.24) is 4.90 Å². The molecule has 1 fully saturated rings. The molecule has 0 saturated carbocycles. The average Bonchev–Trinajstić information content (AvgIpc) is 2.51. The van der Waals surface area contributed by atoms with Crippen molar-refractivity contribution in [1.29, 1.82) is 0 Å². The van der Waals surface area contributed by atoms with E-state index in [2.05, 4.69) is 11.5 Å². The molecular weight excluding hydrogens is 160 g/mol. The summed E-state index contributed by atoms with van der Waals surface area (Å²) in [5.74, 6) is 0. The van der Waals surface area contributed by atoms with Gasteiger partial charge in [0.05, 0.1) is 0 Å². The third kappa shape index (κ3) is 4.44. The van der Waals surface area contributed by atoms with Crippen LogP contribution in [-0.2, 0) is 0 Å². The Labute approximate surface area is 81.8 Å². The van der Waals surface area contributed by atoms with E-state index in [9.17, 15) is 0 Å². The number of allylic oxidation sites excluding steroid dienone is 1. The molecule has 76 valence electrons. The van der Waals surface area contributed by atoms with Crippen LogP contribution in [0.5, 0.6) is 0 Å². The average molecular weight is 182 g/mol. The molecule has 0 amide bonds. The fourth-order valence-electron chi connectivity index (χ4n) is 1.87. The summed E-state index contributed by atoms with van der Waals surface area (Å²) >= 11 is 0. The highest BCUT2D eigenvalue weighted by Crippen LogP contribution is 2.09. The summed E-state index contributed by atoms with van der Waals surface area (Å²) in [5.41, 5.74) is 5.82. The van der Waals surface area contributed by atoms with Crippen molar-refractivity contribution in [2.75, 3.05) is 19.6 Å². The summed E-state index contributed by atoms with van der Waals surface area (Å²) in [6, 6.07) is 0.438. The molecule has 0 aromatic heterocycles. The summed E-state index contributed by atoms with van der Waals surface area (Å²) in [7, 11) is 0. The van der Waals surface area contributed by atoms with Gasteiger partial charge in [0.1, 0.15) is 0 Å². The van der Waals surface area contributed by atoms with E-state index >= 15 is 0 Å². The Morgan fingerprint density at radius 3 is 2.85 bits per heavy atom. The molecule has 2 nitrogen and oxygen atoms in total. The number of rotatable bonds is 6. The molecule has 1 rings (SSSR count). The molecule has 2 N–H and O–H groups in total. The molecule has 0 aromatic rings. The molecule has 2 heteroatoms. The van der Waals surface area contributed by atoms with Crippen LogP contribution in [0, 0.1) is 0 Å². The molecule has 1 unspecified atom stereocenters. The van der Waals surface area contributed by atoms with Crippen LogP contribution in [0.15, 0.2) is 12.7 Å². The molecule has 1 aliphatic rings. The van der Waals surface area contributed by atoms with E-state index in [0.29, 0.717) is 6.04 Å². The SMILES string of the molecule is C=CCCCCCN1CCC(N)C1. The number of unbranched alkanes of at least 4 members (excludes halogenated alkanes) is 3. The van der Waals surface area contributed by atoms with Gasteiger partial charge in [-0.1, -0.05) is 12.5 Å². The van der Waals surface area contributed by atoms with Gasteiger partial charge >= 0.3 is 0 Å². The van der Waals surface area contributed by atoms with E-state index in [-0.39, 0.29) is 0 Å². The van der Waals surface area contributed by atoms with Crippen molar-refractivity contribution in [3.63, 3.8) is 0 Å². The lowest BCUT2D eigenvalue weighted by molar-refractivity contribution is 0.324. The van der Waals surface area contributed by atoms with E-state index in [0.717, 1.165) is 6.54 Å². The second-order valence-corrected chi connectivity index (χ2v) is 3.99. The number of nitrogens with zero attached hydrogens (tertiary/aromatic N) is 1. The molecule has 1 saturated heterocycles. The zero-order valence-electron chi connectivity index (χ0n) is 8.54. The second-order valence-electron chi connectivity index (χ2n) is 3.99. The van der Waals surface area contributed by atoms with E-state index in [1.54, 1.807) is 0 Å². The van der Waals surface area contributed by atoms with Gasteiger partial charge in [-0.25, -0.2) is 0 Å². The van der Waals surface area contributed by atoms with Crippen molar-refractivity contribution < 1.29 is 0 Å². The van der Waals surface area contributed by atoms with Crippen LogP contribution in [-0.4, -0.2) is 30.6 Å². The number of likely N-dealkylation sites (tertiary alicyclic amines) is 1. The minimum Gasteiger partial charge on any atom is -0.326 e. The monoisotopic (exact) mass is 182 g/mol. The molecule has 0 radical (unpaired) electrons. The Bertz CT molecular complexity index is 145. The quantitative estimate of drug-likeness (QED) is 0.501. The van der Waals surface area contributed by atoms with Crippen molar-refractivity contribution in [3.05, 3.63) is 12.7 Å². The Morgan fingerprint density at radius 1 is 1.38 bits per heavy atom. The molecule has 0 spiro atoms. The minimum atomic E-state index is 0.438. The molecule has 1 aliphatic heterocycles. The highest BCUT2D eigenvalue weighted by molar-refractivity contribution is 4.77. The van der Waals surface area contributed by atoms with Crippen molar-refractivity contribution in [2.24, 2.45) is 5.73 Å². The predicted molar refractivity (Wildman–Crippen MR) is 57.7 cm³/mol. The van der Waals surface area contributed by atoms with E-state index in [4.69, 9.17) is 5.73 Å². The van der Waals surface area contributed by atoms with Crippen LogP contribution in [0.4, 0.5) is 0 Å². The Balaban J connectivity index is 1.91. The van der Waals surface area contributed by atoms with Crippen LogP contribution < -0.4 is 5.73 Å². The minimum absolute atomic E-state index is 0.438. The topological polar surface area (TPSA) is 29.3 Å². The van der Waals surface area contributed by atoms with Gasteiger partial charge < -0.3 is 10.6 Å². The Hall–Kier alpha value is -0.340. The van der Waals surface area contributed by atoms with Gasteiger partial charge in [-0.2, -0.15) is 0 Å². The fraction of sp³-hybridized carbons (Fsp3) is 0.818. The summed E-state index contributed by atoms with van der Waals surface area (Å²) < 4.78 is 0. The van der Waals surface area contributed by atoms with Crippen LogP contribution in [0.25, 0.3) is 0 Å². The predicted octanol–water partition coefficient (Wildman–Crippen LogP) is 1.77. The molecule has 1 heterocycles. The van der Waals surface area contributed by atoms with Gasteiger partial charge in [-0.05, 0) is 38.8 Å². The lowest BCUT2D eigenvalue weighted by Gasteiger charge is -2.14. The molecule has 1 atom stereocenters. The Kier molecular flexibility index (Phi) is 5.09. The smallest absolute Gasteiger partial charge is 0.0180 e. The summed E-state index contributed by atoms with van der Waals surface area (Å²) in [6.45, 7) is 7.28. The van der Waals surface area contributed by atoms with Gasteiger partial charge in [0.15, 0.2) is 0 Å². The third-order valence-electron chi connectivity index (χ3n) is 2.69. The number of nitrogens with two attached hydrogens (primary N) is 1. The van der Waals surface area contributed by atoms with Crippen LogP contribution >= 0.6 is 0 Å². The first-order valence-corrected chi connectivity index (χ1v) is 5.42. The first-order valence-electron chi connectivity index (χ1n) is 5.42. The standard InChI is InChI=1S/C11H22N2/c1-2-3-4-5-6-8-13-9-7-11(12)10-13/h2,11H,1,3-10,12H2. The van der Waals surface area contributed by atoms with Crippen LogP contribution in [0.2, 0.25) is 0 Å². The third-order valence-corrected chi connectivity index (χ3v) is 2.69. The maximum absolute atomic E-state index is 5.82.